The van der Waals surface area contributed by atoms with Crippen LogP contribution in [-0.2, 0) is 9.68 Å². The maximum Gasteiger partial charge on any atom is 0.573 e. The minimum Gasteiger partial charge on any atom is -0.406 e. The third kappa shape index (κ3) is 12.0. The number of aliphatic hydroxyl groups excluding tert-OH is 2. The van der Waals surface area contributed by atoms with Crippen molar-refractivity contribution in [3.63, 3.8) is 0 Å². The molecule has 0 saturated carbocycles. The summed E-state index contributed by atoms with van der Waals surface area (Å²) in [6, 6.07) is 29.3. The van der Waals surface area contributed by atoms with Gasteiger partial charge in [-0.15, -0.1) is 26.3 Å². The zero-order valence-electron chi connectivity index (χ0n) is 27.2. The molecule has 16 heteroatoms. The van der Waals surface area contributed by atoms with Crippen LogP contribution in [0.4, 0.5) is 26.3 Å². The zero-order chi connectivity index (χ0) is 37.1. The van der Waals surface area contributed by atoms with E-state index in [9.17, 15) is 36.6 Å². The van der Waals surface area contributed by atoms with Crippen LogP contribution in [0.5, 0.6) is 11.5 Å². The molecule has 0 unspecified atom stereocenters. The van der Waals surface area contributed by atoms with Gasteiger partial charge < -0.3 is 19.7 Å². The van der Waals surface area contributed by atoms with Gasteiger partial charge in [-0.2, -0.15) is 0 Å². The van der Waals surface area contributed by atoms with Crippen molar-refractivity contribution in [1.82, 2.24) is 11.0 Å². The second kappa shape index (κ2) is 17.4. The normalized spacial score (nSPS) is 20.0. The van der Waals surface area contributed by atoms with Gasteiger partial charge in [-0.25, -0.2) is 0 Å². The van der Waals surface area contributed by atoms with Gasteiger partial charge in [0.25, 0.3) is 0 Å². The molecule has 2 heterocycles. The molecule has 2 aliphatic rings. The molecule has 0 aromatic heterocycles. The lowest BCUT2D eigenvalue weighted by Gasteiger charge is -2.11. The first-order chi connectivity index (χ1) is 24.8. The molecule has 6 rings (SSSR count). The number of hydrogen-bond donors (Lipinski definition) is 4. The number of hydroxylamine groups is 2. The van der Waals surface area contributed by atoms with Gasteiger partial charge in [-0.1, -0.05) is 84.9 Å². The van der Waals surface area contributed by atoms with Crippen LogP contribution < -0.4 is 20.4 Å². The van der Waals surface area contributed by atoms with Crippen LogP contribution in [-0.4, -0.2) is 47.7 Å². The maximum atomic E-state index is 12.2. The van der Waals surface area contributed by atoms with Crippen LogP contribution in [0.15, 0.2) is 119 Å². The van der Waals surface area contributed by atoms with Gasteiger partial charge >= 0.3 is 12.7 Å². The predicted molar refractivity (Wildman–Crippen MR) is 177 cm³/mol. The first-order valence-corrected chi connectivity index (χ1v) is 15.9. The van der Waals surface area contributed by atoms with E-state index >= 15 is 0 Å². The second-order valence-electron chi connectivity index (χ2n) is 11.5. The molecule has 52 heavy (non-hydrogen) atoms. The number of halogens is 6. The minimum absolute atomic E-state index is 0.181. The lowest BCUT2D eigenvalue weighted by Crippen LogP contribution is -2.17. The summed E-state index contributed by atoms with van der Waals surface area (Å²) >= 11 is 0. The average molecular weight is 733 g/mol. The molecule has 2 aliphatic heterocycles. The molecule has 276 valence electrons. The summed E-state index contributed by atoms with van der Waals surface area (Å²) in [5.41, 5.74) is 8.32. The Kier molecular flexibility index (Phi) is 12.7. The summed E-state index contributed by atoms with van der Waals surface area (Å²) in [5, 5.41) is 20.2. The SMILES string of the molecule is O[C@@H](CN=C1C[C@@H](c2ccc(OC(F)(F)F)cc2)ON1)c1ccccc1.O[C@@H](CN=C1C[C@H](c2ccc(OC(F)(F)F)cc2)ON1)c1ccccc1. The van der Waals surface area contributed by atoms with Crippen LogP contribution in [0.1, 0.15) is 59.5 Å². The van der Waals surface area contributed by atoms with Gasteiger partial charge in [0.05, 0.1) is 25.3 Å². The maximum absolute atomic E-state index is 12.2. The number of rotatable bonds is 10. The van der Waals surface area contributed by atoms with E-state index in [1.807, 2.05) is 60.7 Å². The number of nitrogens with zero attached hydrogens (tertiary/aromatic N) is 2. The highest BCUT2D eigenvalue weighted by Gasteiger charge is 2.32. The number of ether oxygens (including phenoxy) is 2. The number of benzene rings is 4. The molecular formula is C36H34F6N4O6. The van der Waals surface area contributed by atoms with Crippen molar-refractivity contribution < 1.29 is 55.7 Å². The Morgan fingerprint density at radius 3 is 1.25 bits per heavy atom. The van der Waals surface area contributed by atoms with Crippen molar-refractivity contribution in [1.29, 1.82) is 0 Å². The number of alkyl halides is 6. The van der Waals surface area contributed by atoms with E-state index in [-0.39, 0.29) is 36.8 Å². The predicted octanol–water partition coefficient (Wildman–Crippen LogP) is 7.37. The van der Waals surface area contributed by atoms with Gasteiger partial charge in [-0.3, -0.25) is 30.6 Å². The molecule has 2 saturated heterocycles. The Morgan fingerprint density at radius 1 is 0.577 bits per heavy atom. The third-order valence-electron chi connectivity index (χ3n) is 7.65. The number of amidine groups is 2. The van der Waals surface area contributed by atoms with Crippen LogP contribution in [0.3, 0.4) is 0 Å². The average Bonchev–Trinajstić information content (AvgIpc) is 3.80. The highest BCUT2D eigenvalue weighted by atomic mass is 19.4. The fourth-order valence-electron chi connectivity index (χ4n) is 5.08. The Balaban J connectivity index is 0.000000201. The molecule has 4 N–H and O–H groups in total. The van der Waals surface area contributed by atoms with Crippen LogP contribution in [0.2, 0.25) is 0 Å². The third-order valence-corrected chi connectivity index (χ3v) is 7.65. The lowest BCUT2D eigenvalue weighted by atomic mass is 10.1. The van der Waals surface area contributed by atoms with Gasteiger partial charge in [0, 0.05) is 12.8 Å². The van der Waals surface area contributed by atoms with Crippen molar-refractivity contribution in [2.75, 3.05) is 13.1 Å². The first-order valence-electron chi connectivity index (χ1n) is 15.9. The Morgan fingerprint density at radius 2 is 0.923 bits per heavy atom. The molecule has 2 fully saturated rings. The summed E-state index contributed by atoms with van der Waals surface area (Å²) < 4.78 is 80.7. The first kappa shape index (κ1) is 38.1. The topological polar surface area (TPSA) is 126 Å². The summed E-state index contributed by atoms with van der Waals surface area (Å²) in [6.07, 6.45) is -10.8. The van der Waals surface area contributed by atoms with E-state index in [2.05, 4.69) is 30.4 Å². The molecule has 10 nitrogen and oxygen atoms in total. The quantitative estimate of drug-likeness (QED) is 0.125. The minimum atomic E-state index is -4.72. The molecule has 0 spiro atoms. The standard InChI is InChI=1S/2C18H17F3N2O3/c2*19-18(20,21)25-14-8-6-13(7-9-14)16-10-17(23-26-16)22-11-15(24)12-4-2-1-3-5-12/h2*1-9,15-16,24H,10-11H2,(H,22,23)/t15-,16+;15-,16-/m00/s1. The van der Waals surface area contributed by atoms with E-state index in [0.29, 0.717) is 35.6 Å². The zero-order valence-corrected chi connectivity index (χ0v) is 27.2. The fraction of sp³-hybridized carbons (Fsp3) is 0.278. The van der Waals surface area contributed by atoms with Crippen molar-refractivity contribution >= 4 is 11.7 Å². The smallest absolute Gasteiger partial charge is 0.406 e. The van der Waals surface area contributed by atoms with Crippen molar-refractivity contribution in [3.05, 3.63) is 131 Å². The molecule has 0 radical (unpaired) electrons. The molecule has 4 aromatic rings. The summed E-state index contributed by atoms with van der Waals surface area (Å²) in [6.45, 7) is 0.363. The molecule has 4 atom stereocenters. The van der Waals surface area contributed by atoms with E-state index in [1.54, 1.807) is 0 Å². The van der Waals surface area contributed by atoms with Gasteiger partial charge in [0.15, 0.2) is 0 Å². The number of nitrogens with one attached hydrogen (secondary N) is 2. The van der Waals surface area contributed by atoms with Crippen molar-refractivity contribution in [2.24, 2.45) is 9.98 Å². The van der Waals surface area contributed by atoms with E-state index in [4.69, 9.17) is 9.68 Å². The van der Waals surface area contributed by atoms with E-state index in [0.717, 1.165) is 11.1 Å². The van der Waals surface area contributed by atoms with E-state index < -0.39 is 24.9 Å². The lowest BCUT2D eigenvalue weighted by molar-refractivity contribution is -0.275. The van der Waals surface area contributed by atoms with Crippen LogP contribution in [0, 0.1) is 0 Å². The van der Waals surface area contributed by atoms with Gasteiger partial charge in [0.2, 0.25) is 0 Å². The second-order valence-corrected chi connectivity index (χ2v) is 11.5. The van der Waals surface area contributed by atoms with Crippen molar-refractivity contribution in [2.45, 2.75) is 50.0 Å². The van der Waals surface area contributed by atoms with E-state index in [1.165, 1.54) is 48.5 Å². The Labute approximate surface area is 294 Å². The van der Waals surface area contributed by atoms with Crippen LogP contribution >= 0.6 is 0 Å². The highest BCUT2D eigenvalue weighted by molar-refractivity contribution is 5.83. The molecule has 0 aliphatic carbocycles. The number of hydrogen-bond acceptors (Lipinski definition) is 8. The van der Waals surface area contributed by atoms with Crippen LogP contribution in [0.25, 0.3) is 0 Å². The summed E-state index contributed by atoms with van der Waals surface area (Å²) in [4.78, 5) is 19.4. The molecular weight excluding hydrogens is 698 g/mol. The van der Waals surface area contributed by atoms with Gasteiger partial charge in [-0.05, 0) is 46.5 Å². The van der Waals surface area contributed by atoms with Gasteiger partial charge in [0.1, 0.15) is 35.4 Å². The molecule has 0 bridgehead atoms. The number of aliphatic hydroxyl groups is 2. The van der Waals surface area contributed by atoms with Crippen molar-refractivity contribution in [3.8, 4) is 11.5 Å². The summed E-state index contributed by atoms with van der Waals surface area (Å²) in [5.74, 6) is 0.570. The molecule has 4 aromatic carbocycles. The monoisotopic (exact) mass is 732 g/mol. The molecule has 0 amide bonds. The fourth-order valence-corrected chi connectivity index (χ4v) is 5.08. The highest BCUT2D eigenvalue weighted by Crippen LogP contribution is 2.30. The largest absolute Gasteiger partial charge is 0.573 e. The Bertz CT molecular complexity index is 1630. The number of aliphatic imine (C=N–C) groups is 2. The summed E-state index contributed by atoms with van der Waals surface area (Å²) in [7, 11) is 0. The Hall–Kier alpha value is -5.16.